The highest BCUT2D eigenvalue weighted by Gasteiger charge is 2.33. The molecule has 0 fully saturated rings. The molecule has 5 heteroatoms. The molecular weight excluding hydrogens is 464 g/mol. The van der Waals surface area contributed by atoms with Crippen molar-refractivity contribution < 1.29 is 9.90 Å². The molecule has 0 radical (unpaired) electrons. The fourth-order valence-electron chi connectivity index (χ4n) is 5.02. The van der Waals surface area contributed by atoms with Gasteiger partial charge in [-0.3, -0.25) is 9.69 Å². The largest absolute Gasteiger partial charge is 0.383 e. The second kappa shape index (κ2) is 8.19. The first-order valence-electron chi connectivity index (χ1n) is 11.8. The number of para-hydroxylation sites is 1. The van der Waals surface area contributed by atoms with Gasteiger partial charge in [0.15, 0.2) is 11.6 Å². The van der Waals surface area contributed by atoms with E-state index in [2.05, 4.69) is 28.1 Å². The molecule has 2 aliphatic rings. The van der Waals surface area contributed by atoms with Crippen molar-refractivity contribution in [2.24, 2.45) is 0 Å². The number of carbonyl (C=O) groups is 1. The molecule has 0 saturated carbocycles. The molecule has 0 saturated heterocycles. The van der Waals surface area contributed by atoms with Crippen LogP contribution in [-0.2, 0) is 0 Å². The van der Waals surface area contributed by atoms with Crippen molar-refractivity contribution in [2.45, 2.75) is 15.9 Å². The van der Waals surface area contributed by atoms with Crippen LogP contribution in [0.5, 0.6) is 0 Å². The van der Waals surface area contributed by atoms with Gasteiger partial charge in [0.2, 0.25) is 0 Å². The number of aromatic nitrogens is 1. The molecule has 1 aromatic heterocycles. The minimum absolute atomic E-state index is 0.118. The van der Waals surface area contributed by atoms with Gasteiger partial charge in [-0.05, 0) is 76.5 Å². The van der Waals surface area contributed by atoms with Crippen LogP contribution in [0.4, 0.5) is 17.2 Å². The Kier molecular flexibility index (Phi) is 4.81. The number of benzene rings is 4. The number of carbonyl (C=O) groups excluding carboxylic acids is 1. The standard InChI is InChI=1S/C31H20N2O2S/c34-29-23-17-20-6-1-2-7-21(20)18-24(23)30(35)25(29)16-19-11-13-22(14-12-19)33-26-8-3-4-9-27(26)36-28-10-5-15-32-31(28)33/h1-18,29,34H/b25-16+. The van der Waals surface area contributed by atoms with Crippen molar-refractivity contribution in [3.8, 4) is 0 Å². The molecule has 1 aliphatic heterocycles. The number of hydrogen-bond acceptors (Lipinski definition) is 5. The molecule has 172 valence electrons. The lowest BCUT2D eigenvalue weighted by atomic mass is 10.0. The second-order valence-corrected chi connectivity index (χ2v) is 10.0. The van der Waals surface area contributed by atoms with Gasteiger partial charge in [-0.1, -0.05) is 60.3 Å². The maximum atomic E-state index is 13.2. The topological polar surface area (TPSA) is 53.4 Å². The first-order valence-corrected chi connectivity index (χ1v) is 12.6. The van der Waals surface area contributed by atoms with Gasteiger partial charge in [-0.25, -0.2) is 4.98 Å². The van der Waals surface area contributed by atoms with Crippen molar-refractivity contribution in [2.75, 3.05) is 4.90 Å². The maximum Gasteiger partial charge on any atom is 0.192 e. The Bertz CT molecular complexity index is 1660. The van der Waals surface area contributed by atoms with Gasteiger partial charge in [0.05, 0.1) is 10.6 Å². The third kappa shape index (κ3) is 3.28. The maximum absolute atomic E-state index is 13.2. The van der Waals surface area contributed by atoms with Crippen LogP contribution in [0, 0.1) is 0 Å². The Balaban J connectivity index is 1.26. The third-order valence-electron chi connectivity index (χ3n) is 6.78. The lowest BCUT2D eigenvalue weighted by Gasteiger charge is -2.31. The summed E-state index contributed by atoms with van der Waals surface area (Å²) in [5.74, 6) is 0.781. The van der Waals surface area contributed by atoms with Gasteiger partial charge < -0.3 is 5.11 Å². The number of aliphatic hydroxyl groups excluding tert-OH is 1. The van der Waals surface area contributed by atoms with Crippen LogP contribution in [0.3, 0.4) is 0 Å². The smallest absolute Gasteiger partial charge is 0.192 e. The number of pyridine rings is 1. The van der Waals surface area contributed by atoms with Gasteiger partial charge in [0.25, 0.3) is 0 Å². The first-order chi connectivity index (χ1) is 17.7. The van der Waals surface area contributed by atoms with E-state index in [1.165, 1.54) is 4.90 Å². The molecule has 1 atom stereocenters. The Morgan fingerprint density at radius 2 is 1.56 bits per heavy atom. The number of nitrogens with zero attached hydrogens (tertiary/aromatic N) is 2. The number of fused-ring (bicyclic) bond motifs is 4. The Morgan fingerprint density at radius 1 is 0.833 bits per heavy atom. The SMILES string of the molecule is O=C1/C(=C/c2ccc(N3c4ccccc4Sc4cccnc43)cc2)C(O)c2cc3ccccc3cc21. The van der Waals surface area contributed by atoms with Crippen molar-refractivity contribution in [1.82, 2.24) is 4.98 Å². The van der Waals surface area contributed by atoms with Crippen molar-refractivity contribution >= 4 is 51.6 Å². The van der Waals surface area contributed by atoms with Crippen LogP contribution >= 0.6 is 11.8 Å². The van der Waals surface area contributed by atoms with Gasteiger partial charge >= 0.3 is 0 Å². The molecule has 1 unspecified atom stereocenters. The summed E-state index contributed by atoms with van der Waals surface area (Å²) in [6.07, 6.45) is 2.68. The molecule has 2 heterocycles. The highest BCUT2D eigenvalue weighted by Crippen LogP contribution is 2.50. The zero-order valence-corrected chi connectivity index (χ0v) is 19.9. The molecule has 0 spiro atoms. The van der Waals surface area contributed by atoms with E-state index >= 15 is 0 Å². The van der Waals surface area contributed by atoms with E-state index in [1.807, 2.05) is 85.1 Å². The van der Waals surface area contributed by atoms with Gasteiger partial charge in [-0.2, -0.15) is 0 Å². The van der Waals surface area contributed by atoms with Crippen molar-refractivity contribution in [3.05, 3.63) is 126 Å². The fourth-order valence-corrected chi connectivity index (χ4v) is 6.05. The lowest BCUT2D eigenvalue weighted by Crippen LogP contribution is -2.16. The van der Waals surface area contributed by atoms with E-state index in [9.17, 15) is 9.90 Å². The molecular formula is C31H20N2O2S. The molecule has 36 heavy (non-hydrogen) atoms. The first kappa shape index (κ1) is 21.1. The van der Waals surface area contributed by atoms with E-state index in [-0.39, 0.29) is 5.78 Å². The lowest BCUT2D eigenvalue weighted by molar-refractivity contribution is 0.102. The average molecular weight is 485 g/mol. The number of rotatable bonds is 2. The minimum atomic E-state index is -0.932. The molecule has 5 aromatic rings. The van der Waals surface area contributed by atoms with Crippen molar-refractivity contribution in [3.63, 3.8) is 0 Å². The Labute approximate surface area is 212 Å². The molecule has 1 aliphatic carbocycles. The quantitative estimate of drug-likeness (QED) is 0.258. The number of Topliss-reactive ketones (excluding diaryl/α,β-unsaturated/α-hetero) is 1. The van der Waals surface area contributed by atoms with E-state index in [0.717, 1.165) is 38.4 Å². The van der Waals surface area contributed by atoms with Gasteiger partial charge in [-0.15, -0.1) is 0 Å². The van der Waals surface area contributed by atoms with E-state index in [1.54, 1.807) is 17.8 Å². The summed E-state index contributed by atoms with van der Waals surface area (Å²) in [5, 5.41) is 13.0. The van der Waals surface area contributed by atoms with Crippen LogP contribution in [0.15, 0.2) is 119 Å². The number of hydrogen-bond donors (Lipinski definition) is 1. The summed E-state index contributed by atoms with van der Waals surface area (Å²) in [7, 11) is 0. The summed E-state index contributed by atoms with van der Waals surface area (Å²) in [6.45, 7) is 0. The predicted molar refractivity (Wildman–Crippen MR) is 144 cm³/mol. The van der Waals surface area contributed by atoms with Crippen LogP contribution in [-0.4, -0.2) is 15.9 Å². The summed E-state index contributed by atoms with van der Waals surface area (Å²) < 4.78 is 0. The van der Waals surface area contributed by atoms with Crippen LogP contribution in [0.25, 0.3) is 16.8 Å². The number of anilines is 3. The number of ketones is 1. The third-order valence-corrected chi connectivity index (χ3v) is 7.88. The zero-order valence-electron chi connectivity index (χ0n) is 19.1. The Morgan fingerprint density at radius 3 is 2.39 bits per heavy atom. The monoisotopic (exact) mass is 484 g/mol. The van der Waals surface area contributed by atoms with E-state index in [0.29, 0.717) is 16.7 Å². The molecule has 7 rings (SSSR count). The second-order valence-electron chi connectivity index (χ2n) is 8.94. The molecule has 0 amide bonds. The average Bonchev–Trinajstić information content (AvgIpc) is 3.15. The predicted octanol–water partition coefficient (Wildman–Crippen LogP) is 7.48. The normalized spacial score (nSPS) is 17.2. The zero-order chi connectivity index (χ0) is 24.2. The Hall–Kier alpha value is -4.19. The molecule has 4 nitrogen and oxygen atoms in total. The van der Waals surface area contributed by atoms with Gasteiger partial charge in [0.1, 0.15) is 6.10 Å². The van der Waals surface area contributed by atoms with E-state index < -0.39 is 6.10 Å². The summed E-state index contributed by atoms with van der Waals surface area (Å²) in [5.41, 5.74) is 4.58. The highest BCUT2D eigenvalue weighted by atomic mass is 32.2. The number of aliphatic hydroxyl groups is 1. The minimum Gasteiger partial charge on any atom is -0.383 e. The summed E-state index contributed by atoms with van der Waals surface area (Å²) >= 11 is 1.72. The highest BCUT2D eigenvalue weighted by molar-refractivity contribution is 7.99. The fraction of sp³-hybridized carbons (Fsp3) is 0.0323. The van der Waals surface area contributed by atoms with Crippen LogP contribution < -0.4 is 4.90 Å². The van der Waals surface area contributed by atoms with Crippen LogP contribution in [0.1, 0.15) is 27.6 Å². The van der Waals surface area contributed by atoms with Gasteiger partial charge in [0, 0.05) is 27.9 Å². The molecule has 4 aromatic carbocycles. The van der Waals surface area contributed by atoms with Crippen LogP contribution in [0.2, 0.25) is 0 Å². The summed E-state index contributed by atoms with van der Waals surface area (Å²) in [6, 6.07) is 32.1. The molecule has 1 N–H and O–H groups in total. The van der Waals surface area contributed by atoms with E-state index in [4.69, 9.17) is 0 Å². The summed E-state index contributed by atoms with van der Waals surface area (Å²) in [4.78, 5) is 22.3. The molecule has 0 bridgehead atoms. The van der Waals surface area contributed by atoms with Crippen molar-refractivity contribution in [1.29, 1.82) is 0 Å².